The van der Waals surface area contributed by atoms with Crippen LogP contribution in [0.2, 0.25) is 0 Å². The molecule has 0 bridgehead atoms. The van der Waals surface area contributed by atoms with Gasteiger partial charge in [0.1, 0.15) is 0 Å². The predicted molar refractivity (Wildman–Crippen MR) is 77.5 cm³/mol. The van der Waals surface area contributed by atoms with E-state index in [1.807, 2.05) is 36.4 Å². The second-order valence-corrected chi connectivity index (χ2v) is 3.56. The SMILES string of the molecule is C=CC(=O)CC(=C)C(=O)OC.C=Cc1ccccc1. The first kappa shape index (κ1) is 16.6. The Hall–Kier alpha value is -2.42. The molecular weight excluding hydrogens is 240 g/mol. The molecule has 3 heteroatoms. The van der Waals surface area contributed by atoms with Gasteiger partial charge in [-0.2, -0.15) is 0 Å². The van der Waals surface area contributed by atoms with E-state index in [0.717, 1.165) is 6.08 Å². The fourth-order valence-electron chi connectivity index (χ4n) is 1.09. The first-order valence-corrected chi connectivity index (χ1v) is 5.64. The van der Waals surface area contributed by atoms with Crippen LogP contribution in [0.4, 0.5) is 0 Å². The number of carbonyl (C=O) groups excluding carboxylic acids is 2. The molecule has 0 atom stereocenters. The summed E-state index contributed by atoms with van der Waals surface area (Å²) in [5.74, 6) is -0.791. The van der Waals surface area contributed by atoms with Gasteiger partial charge in [0.2, 0.25) is 0 Å². The molecule has 0 spiro atoms. The van der Waals surface area contributed by atoms with Crippen LogP contribution in [-0.2, 0) is 14.3 Å². The van der Waals surface area contributed by atoms with E-state index in [9.17, 15) is 9.59 Å². The fraction of sp³-hybridized carbons (Fsp3) is 0.125. The summed E-state index contributed by atoms with van der Waals surface area (Å²) in [5.41, 5.74) is 1.32. The van der Waals surface area contributed by atoms with Crippen molar-refractivity contribution in [2.45, 2.75) is 6.42 Å². The van der Waals surface area contributed by atoms with Gasteiger partial charge in [0, 0.05) is 12.0 Å². The highest BCUT2D eigenvalue weighted by atomic mass is 16.5. The average Bonchev–Trinajstić information content (AvgIpc) is 2.47. The van der Waals surface area contributed by atoms with Gasteiger partial charge in [0.05, 0.1) is 7.11 Å². The number of hydrogen-bond acceptors (Lipinski definition) is 3. The van der Waals surface area contributed by atoms with Gasteiger partial charge in [-0.3, -0.25) is 4.79 Å². The zero-order valence-electron chi connectivity index (χ0n) is 11.1. The Labute approximate surface area is 113 Å². The Bertz CT molecular complexity index is 458. The highest BCUT2D eigenvalue weighted by Gasteiger charge is 2.08. The smallest absolute Gasteiger partial charge is 0.333 e. The molecule has 0 unspecified atom stereocenters. The van der Waals surface area contributed by atoms with Crippen molar-refractivity contribution in [2.24, 2.45) is 0 Å². The van der Waals surface area contributed by atoms with E-state index in [-0.39, 0.29) is 17.8 Å². The first-order chi connectivity index (χ1) is 9.04. The molecule has 1 aromatic carbocycles. The Balaban J connectivity index is 0.000000356. The predicted octanol–water partition coefficient (Wildman–Crippen LogP) is 3.19. The number of esters is 1. The summed E-state index contributed by atoms with van der Waals surface area (Å²) in [4.78, 5) is 21.3. The molecule has 0 heterocycles. The zero-order valence-corrected chi connectivity index (χ0v) is 11.1. The van der Waals surface area contributed by atoms with Crippen molar-refractivity contribution in [3.05, 3.63) is 67.3 Å². The molecule has 0 amide bonds. The maximum absolute atomic E-state index is 10.7. The minimum absolute atomic E-state index is 0.0177. The Morgan fingerprint density at radius 2 is 1.79 bits per heavy atom. The highest BCUT2D eigenvalue weighted by molar-refractivity contribution is 5.99. The third kappa shape index (κ3) is 7.49. The molecule has 100 valence electrons. The highest BCUT2D eigenvalue weighted by Crippen LogP contribution is 2.01. The molecular formula is C16H18O3. The van der Waals surface area contributed by atoms with Crippen molar-refractivity contribution in [2.75, 3.05) is 7.11 Å². The van der Waals surface area contributed by atoms with Crippen molar-refractivity contribution in [1.82, 2.24) is 0 Å². The van der Waals surface area contributed by atoms with Gasteiger partial charge >= 0.3 is 5.97 Å². The molecule has 1 aromatic rings. The Morgan fingerprint density at radius 3 is 2.16 bits per heavy atom. The number of methoxy groups -OCH3 is 1. The van der Waals surface area contributed by atoms with E-state index in [1.54, 1.807) is 0 Å². The Morgan fingerprint density at radius 1 is 1.21 bits per heavy atom. The van der Waals surface area contributed by atoms with Crippen molar-refractivity contribution in [3.8, 4) is 0 Å². The number of ether oxygens (including phenoxy) is 1. The van der Waals surface area contributed by atoms with Gasteiger partial charge < -0.3 is 4.74 Å². The maximum Gasteiger partial charge on any atom is 0.333 e. The average molecular weight is 258 g/mol. The number of hydrogen-bond donors (Lipinski definition) is 0. The molecule has 0 aliphatic heterocycles. The molecule has 0 aliphatic rings. The number of rotatable bonds is 5. The van der Waals surface area contributed by atoms with Crippen LogP contribution in [0.3, 0.4) is 0 Å². The largest absolute Gasteiger partial charge is 0.466 e. The van der Waals surface area contributed by atoms with Crippen LogP contribution in [0.25, 0.3) is 6.08 Å². The van der Waals surface area contributed by atoms with Crippen molar-refractivity contribution in [3.63, 3.8) is 0 Å². The molecule has 0 aliphatic carbocycles. The minimum Gasteiger partial charge on any atom is -0.466 e. The third-order valence-electron chi connectivity index (χ3n) is 2.12. The summed E-state index contributed by atoms with van der Waals surface area (Å²) in [7, 11) is 1.24. The summed E-state index contributed by atoms with van der Waals surface area (Å²) in [6.07, 6.45) is 2.96. The van der Waals surface area contributed by atoms with Gasteiger partial charge in [-0.05, 0) is 11.6 Å². The maximum atomic E-state index is 10.7. The number of allylic oxidation sites excluding steroid dienone is 1. The van der Waals surface area contributed by atoms with E-state index in [0.29, 0.717) is 0 Å². The van der Waals surface area contributed by atoms with Crippen LogP contribution < -0.4 is 0 Å². The van der Waals surface area contributed by atoms with Crippen LogP contribution in [0.15, 0.2) is 61.7 Å². The lowest BCUT2D eigenvalue weighted by Crippen LogP contribution is -2.07. The first-order valence-electron chi connectivity index (χ1n) is 5.64. The minimum atomic E-state index is -0.555. The van der Waals surface area contributed by atoms with E-state index in [4.69, 9.17) is 0 Å². The molecule has 0 fully saturated rings. The monoisotopic (exact) mass is 258 g/mol. The molecule has 19 heavy (non-hydrogen) atoms. The molecule has 0 radical (unpaired) electrons. The zero-order chi connectivity index (χ0) is 14.7. The second kappa shape index (κ2) is 9.59. The topological polar surface area (TPSA) is 43.4 Å². The molecule has 0 N–H and O–H groups in total. The molecule has 0 aromatic heterocycles. The van der Waals surface area contributed by atoms with Crippen LogP contribution in [0.1, 0.15) is 12.0 Å². The molecule has 1 rings (SSSR count). The number of benzene rings is 1. The molecule has 0 saturated carbocycles. The lowest BCUT2D eigenvalue weighted by atomic mass is 10.1. The fourth-order valence-corrected chi connectivity index (χ4v) is 1.09. The third-order valence-corrected chi connectivity index (χ3v) is 2.12. The van der Waals surface area contributed by atoms with Gasteiger partial charge in [-0.1, -0.05) is 56.1 Å². The molecule has 0 saturated heterocycles. The van der Waals surface area contributed by atoms with E-state index >= 15 is 0 Å². The van der Waals surface area contributed by atoms with E-state index in [2.05, 4.69) is 24.5 Å². The lowest BCUT2D eigenvalue weighted by Gasteiger charge is -1.98. The lowest BCUT2D eigenvalue weighted by molar-refractivity contribution is -0.136. The van der Waals surface area contributed by atoms with Gasteiger partial charge in [0.25, 0.3) is 0 Å². The number of ketones is 1. The van der Waals surface area contributed by atoms with Gasteiger partial charge in [-0.15, -0.1) is 0 Å². The summed E-state index contributed by atoms with van der Waals surface area (Å²) in [6, 6.07) is 10.0. The van der Waals surface area contributed by atoms with Crippen LogP contribution in [0.5, 0.6) is 0 Å². The second-order valence-electron chi connectivity index (χ2n) is 3.56. The van der Waals surface area contributed by atoms with Crippen LogP contribution in [0, 0.1) is 0 Å². The summed E-state index contributed by atoms with van der Waals surface area (Å²) in [5, 5.41) is 0. The normalized spacial score (nSPS) is 8.47. The standard InChI is InChI=1S/C8H10O3.C8H8/c1-4-7(9)5-6(2)8(10)11-3;1-2-8-6-4-3-5-7-8/h4H,1-2,5H2,3H3;2-7H,1H2. The molecule has 3 nitrogen and oxygen atoms in total. The van der Waals surface area contributed by atoms with Crippen LogP contribution >= 0.6 is 0 Å². The van der Waals surface area contributed by atoms with E-state index in [1.165, 1.54) is 12.7 Å². The van der Waals surface area contributed by atoms with E-state index < -0.39 is 5.97 Å². The quantitative estimate of drug-likeness (QED) is 0.601. The van der Waals surface area contributed by atoms with Crippen molar-refractivity contribution >= 4 is 17.8 Å². The summed E-state index contributed by atoms with van der Waals surface area (Å²) >= 11 is 0. The van der Waals surface area contributed by atoms with Crippen LogP contribution in [-0.4, -0.2) is 18.9 Å². The van der Waals surface area contributed by atoms with Crippen molar-refractivity contribution in [1.29, 1.82) is 0 Å². The Kier molecular flexibility index (Phi) is 8.37. The summed E-state index contributed by atoms with van der Waals surface area (Å²) in [6.45, 7) is 10.3. The van der Waals surface area contributed by atoms with Gasteiger partial charge in [0.15, 0.2) is 5.78 Å². The summed E-state index contributed by atoms with van der Waals surface area (Å²) < 4.78 is 4.33. The van der Waals surface area contributed by atoms with Crippen molar-refractivity contribution < 1.29 is 14.3 Å². The van der Waals surface area contributed by atoms with Gasteiger partial charge in [-0.25, -0.2) is 4.79 Å². The number of carbonyl (C=O) groups is 2.